The number of hydrogen-bond donors (Lipinski definition) is 2. The van der Waals surface area contributed by atoms with Crippen molar-refractivity contribution in [2.24, 2.45) is 0 Å². The molecule has 8 heteroatoms. The van der Waals surface area contributed by atoms with Crippen molar-refractivity contribution in [1.82, 2.24) is 0 Å². The van der Waals surface area contributed by atoms with E-state index in [-0.39, 0.29) is 0 Å². The fourth-order valence-corrected chi connectivity index (χ4v) is 4.48. The maximum Gasteiger partial charge on any atom is 0.156 e. The Kier molecular flexibility index (Phi) is 10.9. The Morgan fingerprint density at radius 3 is 1.27 bits per heavy atom. The summed E-state index contributed by atoms with van der Waals surface area (Å²) in [5.41, 5.74) is 1.21. The molecule has 0 aromatic heterocycles. The summed E-state index contributed by atoms with van der Waals surface area (Å²) < 4.78 is 11.5. The predicted octanol–water partition coefficient (Wildman–Crippen LogP) is 7.71. The summed E-state index contributed by atoms with van der Waals surface area (Å²) in [6, 6.07) is 7.27. The van der Waals surface area contributed by atoms with E-state index < -0.39 is 17.6 Å². The number of benzene rings is 2. The highest BCUT2D eigenvalue weighted by atomic mass is 35.5. The fraction of sp³-hybridized carbons (Fsp3) is 0.520. The Hall–Kier alpha value is -0.880. The van der Waals surface area contributed by atoms with Crippen LogP contribution in [0.2, 0.25) is 20.1 Å². The molecule has 0 amide bonds. The first-order valence-corrected chi connectivity index (χ1v) is 12.6. The van der Waals surface area contributed by atoms with Crippen molar-refractivity contribution in [3.05, 3.63) is 55.5 Å². The molecule has 184 valence electrons. The molecule has 2 aromatic rings. The molecule has 0 heterocycles. The van der Waals surface area contributed by atoms with E-state index >= 15 is 0 Å². The van der Waals surface area contributed by atoms with E-state index in [4.69, 9.17) is 55.9 Å². The molecule has 2 rings (SSSR count). The average molecular weight is 538 g/mol. The highest BCUT2D eigenvalue weighted by Gasteiger charge is 2.28. The van der Waals surface area contributed by atoms with Crippen molar-refractivity contribution < 1.29 is 19.7 Å². The van der Waals surface area contributed by atoms with Gasteiger partial charge in [-0.1, -0.05) is 74.1 Å². The van der Waals surface area contributed by atoms with Gasteiger partial charge in [0, 0.05) is 18.3 Å². The first-order valence-electron chi connectivity index (χ1n) is 11.1. The van der Waals surface area contributed by atoms with Crippen molar-refractivity contribution in [1.29, 1.82) is 0 Å². The molecule has 2 aromatic carbocycles. The predicted molar refractivity (Wildman–Crippen MR) is 138 cm³/mol. The van der Waals surface area contributed by atoms with E-state index in [0.29, 0.717) is 70.5 Å². The molecular formula is C25H32Cl4O4. The minimum absolute atomic E-state index is 0.319. The second-order valence-electron chi connectivity index (χ2n) is 8.56. The van der Waals surface area contributed by atoms with Gasteiger partial charge >= 0.3 is 0 Å². The van der Waals surface area contributed by atoms with Gasteiger partial charge in [0.25, 0.3) is 0 Å². The zero-order valence-electron chi connectivity index (χ0n) is 19.4. The third-order valence-corrected chi connectivity index (χ3v) is 6.90. The lowest BCUT2D eigenvalue weighted by atomic mass is 9.78. The van der Waals surface area contributed by atoms with E-state index in [1.54, 1.807) is 0 Å². The van der Waals surface area contributed by atoms with Crippen molar-refractivity contribution in [2.45, 2.75) is 71.0 Å². The van der Waals surface area contributed by atoms with Crippen molar-refractivity contribution >= 4 is 46.4 Å². The van der Waals surface area contributed by atoms with E-state index in [9.17, 15) is 10.2 Å². The third kappa shape index (κ3) is 7.55. The molecule has 2 unspecified atom stereocenters. The van der Waals surface area contributed by atoms with Gasteiger partial charge in [0.15, 0.2) is 11.5 Å². The Labute approximate surface area is 216 Å². The topological polar surface area (TPSA) is 58.9 Å². The zero-order valence-corrected chi connectivity index (χ0v) is 22.5. The van der Waals surface area contributed by atoms with Gasteiger partial charge in [-0.15, -0.1) is 0 Å². The van der Waals surface area contributed by atoms with Crippen LogP contribution < -0.4 is 9.47 Å². The van der Waals surface area contributed by atoms with Gasteiger partial charge in [0.1, 0.15) is 0 Å². The number of hydrogen-bond acceptors (Lipinski definition) is 4. The number of ether oxygens (including phenoxy) is 2. The molecule has 0 fully saturated rings. The van der Waals surface area contributed by atoms with E-state index in [0.717, 1.165) is 11.1 Å². The molecule has 0 aliphatic heterocycles. The van der Waals surface area contributed by atoms with Gasteiger partial charge in [0.2, 0.25) is 0 Å². The molecule has 33 heavy (non-hydrogen) atoms. The molecule has 0 saturated heterocycles. The second kappa shape index (κ2) is 12.7. The van der Waals surface area contributed by atoms with E-state index in [1.807, 2.05) is 52.0 Å². The molecule has 2 atom stereocenters. The summed E-state index contributed by atoms with van der Waals surface area (Å²) in [5.74, 6) is 0.797. The van der Waals surface area contributed by atoms with Crippen LogP contribution >= 0.6 is 46.4 Å². The quantitative estimate of drug-likeness (QED) is 0.291. The fourth-order valence-electron chi connectivity index (χ4n) is 3.29. The van der Waals surface area contributed by atoms with Gasteiger partial charge in [-0.2, -0.15) is 0 Å². The number of aliphatic hydroxyl groups is 2. The van der Waals surface area contributed by atoms with E-state index in [2.05, 4.69) is 0 Å². The zero-order chi connectivity index (χ0) is 24.8. The monoisotopic (exact) mass is 536 g/mol. The highest BCUT2D eigenvalue weighted by Crippen LogP contribution is 2.43. The maximum absolute atomic E-state index is 9.71. The van der Waals surface area contributed by atoms with Crippen LogP contribution in [-0.2, 0) is 5.41 Å². The molecule has 0 aliphatic carbocycles. The van der Waals surface area contributed by atoms with Crippen LogP contribution in [0, 0.1) is 0 Å². The Balaban J connectivity index is 2.24. The standard InChI is InChI=1S/C25H32Cl4O4/c1-5-17(30)7-9-32-23-19(26)11-15(12-20(23)27)25(3,4)16-13-21(28)24(22(29)14-16)33-10-8-18(31)6-2/h11-14,17-18,30-31H,5-10H2,1-4H3. The van der Waals surface area contributed by atoms with Gasteiger partial charge in [0.05, 0.1) is 45.5 Å². The van der Waals surface area contributed by atoms with Gasteiger partial charge in [-0.3, -0.25) is 0 Å². The average Bonchev–Trinajstić information content (AvgIpc) is 2.76. The van der Waals surface area contributed by atoms with Gasteiger partial charge < -0.3 is 19.7 Å². The molecule has 0 spiro atoms. The van der Waals surface area contributed by atoms with Crippen LogP contribution in [0.5, 0.6) is 11.5 Å². The number of rotatable bonds is 12. The van der Waals surface area contributed by atoms with Crippen LogP contribution in [-0.4, -0.2) is 35.6 Å². The van der Waals surface area contributed by atoms with Crippen LogP contribution in [0.15, 0.2) is 24.3 Å². The molecular weight excluding hydrogens is 506 g/mol. The number of aliphatic hydroxyl groups excluding tert-OH is 2. The van der Waals surface area contributed by atoms with Crippen LogP contribution in [0.25, 0.3) is 0 Å². The molecule has 0 radical (unpaired) electrons. The molecule has 2 N–H and O–H groups in total. The highest BCUT2D eigenvalue weighted by molar-refractivity contribution is 6.38. The lowest BCUT2D eigenvalue weighted by Gasteiger charge is -2.28. The first kappa shape index (κ1) is 28.4. The van der Waals surface area contributed by atoms with Gasteiger partial charge in [-0.05, 0) is 48.2 Å². The second-order valence-corrected chi connectivity index (χ2v) is 10.2. The van der Waals surface area contributed by atoms with Crippen LogP contribution in [0.4, 0.5) is 0 Å². The van der Waals surface area contributed by atoms with Gasteiger partial charge in [-0.25, -0.2) is 0 Å². The minimum Gasteiger partial charge on any atom is -0.490 e. The molecule has 0 saturated carbocycles. The van der Waals surface area contributed by atoms with Crippen LogP contribution in [0.3, 0.4) is 0 Å². The van der Waals surface area contributed by atoms with E-state index in [1.165, 1.54) is 0 Å². The third-order valence-electron chi connectivity index (χ3n) is 5.78. The summed E-state index contributed by atoms with van der Waals surface area (Å²) in [4.78, 5) is 0. The van der Waals surface area contributed by atoms with Crippen molar-refractivity contribution in [3.8, 4) is 11.5 Å². The first-order chi connectivity index (χ1) is 15.5. The smallest absolute Gasteiger partial charge is 0.156 e. The maximum atomic E-state index is 9.71. The van der Waals surface area contributed by atoms with Crippen molar-refractivity contribution in [2.75, 3.05) is 13.2 Å². The molecule has 0 bridgehead atoms. The summed E-state index contributed by atoms with van der Waals surface area (Å²) in [5, 5.41) is 21.0. The Bertz CT molecular complexity index is 813. The Morgan fingerprint density at radius 1 is 0.697 bits per heavy atom. The SMILES string of the molecule is CCC(O)CCOc1c(Cl)cc(C(C)(C)c2cc(Cl)c(OCCC(O)CC)c(Cl)c2)cc1Cl. The Morgan fingerprint density at radius 2 is 1.00 bits per heavy atom. The largest absolute Gasteiger partial charge is 0.490 e. The van der Waals surface area contributed by atoms with Crippen molar-refractivity contribution in [3.63, 3.8) is 0 Å². The molecule has 0 aliphatic rings. The summed E-state index contributed by atoms with van der Waals surface area (Å²) >= 11 is 26.0. The lowest BCUT2D eigenvalue weighted by Crippen LogP contribution is -2.19. The summed E-state index contributed by atoms with van der Waals surface area (Å²) in [6.07, 6.45) is 1.48. The normalized spacial score (nSPS) is 13.6. The summed E-state index contributed by atoms with van der Waals surface area (Å²) in [6.45, 7) is 8.50. The number of halogens is 4. The minimum atomic E-state index is -0.519. The summed E-state index contributed by atoms with van der Waals surface area (Å²) in [7, 11) is 0. The van der Waals surface area contributed by atoms with Crippen LogP contribution in [0.1, 0.15) is 64.5 Å². The molecule has 4 nitrogen and oxygen atoms in total. The lowest BCUT2D eigenvalue weighted by molar-refractivity contribution is 0.135.